The van der Waals surface area contributed by atoms with E-state index in [-0.39, 0.29) is 5.91 Å². The molecule has 2 heterocycles. The van der Waals surface area contributed by atoms with Crippen LogP contribution in [0.1, 0.15) is 20.8 Å². The molecular formula is C21H16N4O2S. The summed E-state index contributed by atoms with van der Waals surface area (Å²) in [6, 6.07) is 19.0. The normalized spacial score (nSPS) is 10.6. The Balaban J connectivity index is 1.46. The third-order valence-corrected chi connectivity index (χ3v) is 4.98. The lowest BCUT2D eigenvalue weighted by molar-refractivity contribution is 0.0994. The molecule has 0 aliphatic rings. The van der Waals surface area contributed by atoms with E-state index in [4.69, 9.17) is 5.73 Å². The van der Waals surface area contributed by atoms with Crippen molar-refractivity contribution in [1.82, 2.24) is 9.97 Å². The summed E-state index contributed by atoms with van der Waals surface area (Å²) in [5, 5.41) is 5.09. The topological polar surface area (TPSA) is 101 Å². The van der Waals surface area contributed by atoms with Crippen molar-refractivity contribution >= 4 is 28.3 Å². The molecule has 2 aromatic heterocycles. The van der Waals surface area contributed by atoms with Gasteiger partial charge in [-0.1, -0.05) is 42.5 Å². The molecule has 0 bridgehead atoms. The largest absolute Gasteiger partial charge is 0.364 e. The molecule has 0 fully saturated rings. The van der Waals surface area contributed by atoms with Crippen molar-refractivity contribution in [3.63, 3.8) is 0 Å². The number of carbonyl (C=O) groups is 2. The lowest BCUT2D eigenvalue weighted by Crippen LogP contribution is -2.11. The van der Waals surface area contributed by atoms with E-state index >= 15 is 0 Å². The average Bonchev–Trinajstić information content (AvgIpc) is 3.38. The minimum atomic E-state index is -0.533. The molecule has 0 aliphatic heterocycles. The highest BCUT2D eigenvalue weighted by atomic mass is 32.1. The molecule has 0 unspecified atom stereocenters. The number of amides is 2. The second-order valence-electron chi connectivity index (χ2n) is 6.10. The Hall–Kier alpha value is -3.71. The molecule has 0 atom stereocenters. The number of thiazole rings is 1. The SMILES string of the molecule is NC(=O)c1cc(-c2csc(NC(=O)c3ccc(-c4ccccc4)cc3)n2)c[nH]1. The number of benzene rings is 2. The van der Waals surface area contributed by atoms with Crippen LogP contribution < -0.4 is 11.1 Å². The first-order chi connectivity index (χ1) is 13.6. The molecule has 4 rings (SSSR count). The van der Waals surface area contributed by atoms with E-state index in [1.807, 2.05) is 47.8 Å². The summed E-state index contributed by atoms with van der Waals surface area (Å²) in [6.07, 6.45) is 1.66. The van der Waals surface area contributed by atoms with Crippen LogP contribution in [0.25, 0.3) is 22.4 Å². The summed E-state index contributed by atoms with van der Waals surface area (Å²) in [4.78, 5) is 30.9. The summed E-state index contributed by atoms with van der Waals surface area (Å²) in [6.45, 7) is 0. The molecule has 0 spiro atoms. The number of rotatable bonds is 5. The van der Waals surface area contributed by atoms with Gasteiger partial charge in [-0.15, -0.1) is 11.3 Å². The van der Waals surface area contributed by atoms with Gasteiger partial charge in [0.25, 0.3) is 11.8 Å². The summed E-state index contributed by atoms with van der Waals surface area (Å²) >= 11 is 1.31. The Kier molecular flexibility index (Phi) is 4.74. The van der Waals surface area contributed by atoms with E-state index < -0.39 is 5.91 Å². The Morgan fingerprint density at radius 1 is 0.964 bits per heavy atom. The molecule has 138 valence electrons. The van der Waals surface area contributed by atoms with E-state index in [9.17, 15) is 9.59 Å². The van der Waals surface area contributed by atoms with E-state index in [2.05, 4.69) is 15.3 Å². The number of aromatic nitrogens is 2. The number of nitrogens with zero attached hydrogens (tertiary/aromatic N) is 1. The predicted octanol–water partition coefficient (Wildman–Crippen LogP) is 4.16. The Bertz CT molecular complexity index is 1130. The molecule has 28 heavy (non-hydrogen) atoms. The predicted molar refractivity (Wildman–Crippen MR) is 110 cm³/mol. The second kappa shape index (κ2) is 7.50. The van der Waals surface area contributed by atoms with Crippen molar-refractivity contribution in [2.75, 3.05) is 5.32 Å². The molecule has 2 amide bonds. The van der Waals surface area contributed by atoms with Crippen LogP contribution in [0.4, 0.5) is 5.13 Å². The van der Waals surface area contributed by atoms with E-state index in [1.54, 1.807) is 24.4 Å². The van der Waals surface area contributed by atoms with Gasteiger partial charge in [-0.05, 0) is 29.3 Å². The van der Waals surface area contributed by atoms with Crippen molar-refractivity contribution < 1.29 is 9.59 Å². The number of nitrogens with two attached hydrogens (primary N) is 1. The maximum atomic E-state index is 12.5. The highest BCUT2D eigenvalue weighted by Gasteiger charge is 2.12. The summed E-state index contributed by atoms with van der Waals surface area (Å²) in [7, 11) is 0. The van der Waals surface area contributed by atoms with Gasteiger partial charge >= 0.3 is 0 Å². The fourth-order valence-electron chi connectivity index (χ4n) is 2.76. The summed E-state index contributed by atoms with van der Waals surface area (Å²) in [5.41, 5.74) is 9.64. The van der Waals surface area contributed by atoms with Crippen molar-refractivity contribution in [2.45, 2.75) is 0 Å². The van der Waals surface area contributed by atoms with Crippen molar-refractivity contribution in [3.05, 3.63) is 83.5 Å². The number of anilines is 1. The molecule has 0 saturated carbocycles. The van der Waals surface area contributed by atoms with Crippen LogP contribution >= 0.6 is 11.3 Å². The standard InChI is InChI=1S/C21H16N4O2S/c22-19(26)17-10-16(11-23-17)18-12-28-21(24-18)25-20(27)15-8-6-14(7-9-15)13-4-2-1-3-5-13/h1-12,23H,(H2,22,26)(H,24,25,27). The Labute approximate surface area is 165 Å². The van der Waals surface area contributed by atoms with Crippen LogP contribution in [0.15, 0.2) is 72.2 Å². The minimum absolute atomic E-state index is 0.229. The van der Waals surface area contributed by atoms with Gasteiger partial charge in [0.1, 0.15) is 5.69 Å². The van der Waals surface area contributed by atoms with Crippen LogP contribution in [0.2, 0.25) is 0 Å². The maximum absolute atomic E-state index is 12.5. The highest BCUT2D eigenvalue weighted by Crippen LogP contribution is 2.26. The number of carbonyl (C=O) groups excluding carboxylic acids is 2. The van der Waals surface area contributed by atoms with Gasteiger partial charge in [0.15, 0.2) is 5.13 Å². The lowest BCUT2D eigenvalue weighted by atomic mass is 10.0. The number of hydrogen-bond donors (Lipinski definition) is 3. The zero-order valence-electron chi connectivity index (χ0n) is 14.7. The molecule has 7 heteroatoms. The van der Waals surface area contributed by atoms with E-state index in [0.29, 0.717) is 22.1 Å². The van der Waals surface area contributed by atoms with Gasteiger partial charge in [-0.2, -0.15) is 0 Å². The third kappa shape index (κ3) is 3.70. The van der Waals surface area contributed by atoms with Gasteiger partial charge in [-0.25, -0.2) is 4.98 Å². The second-order valence-corrected chi connectivity index (χ2v) is 6.96. The fourth-order valence-corrected chi connectivity index (χ4v) is 3.48. The number of primary amides is 1. The molecular weight excluding hydrogens is 372 g/mol. The van der Waals surface area contributed by atoms with Crippen LogP contribution in [-0.4, -0.2) is 21.8 Å². The third-order valence-electron chi connectivity index (χ3n) is 4.22. The first kappa shape index (κ1) is 17.7. The molecule has 0 aliphatic carbocycles. The van der Waals surface area contributed by atoms with E-state index in [1.165, 1.54) is 11.3 Å². The molecule has 4 N–H and O–H groups in total. The molecule has 2 aromatic carbocycles. The van der Waals surface area contributed by atoms with E-state index in [0.717, 1.165) is 16.7 Å². The monoisotopic (exact) mass is 388 g/mol. The van der Waals surface area contributed by atoms with Crippen molar-refractivity contribution in [3.8, 4) is 22.4 Å². The van der Waals surface area contributed by atoms with Crippen LogP contribution in [0, 0.1) is 0 Å². The van der Waals surface area contributed by atoms with Crippen molar-refractivity contribution in [1.29, 1.82) is 0 Å². The van der Waals surface area contributed by atoms with Crippen molar-refractivity contribution in [2.24, 2.45) is 5.73 Å². The number of H-pyrrole nitrogens is 1. The number of nitrogens with one attached hydrogen (secondary N) is 2. The molecule has 4 aromatic rings. The Morgan fingerprint density at radius 3 is 2.36 bits per heavy atom. The van der Waals surface area contributed by atoms with Gasteiger partial charge in [0.05, 0.1) is 5.69 Å². The fraction of sp³-hybridized carbons (Fsp3) is 0. The molecule has 0 saturated heterocycles. The average molecular weight is 388 g/mol. The zero-order valence-corrected chi connectivity index (χ0v) is 15.5. The first-order valence-corrected chi connectivity index (χ1v) is 9.39. The minimum Gasteiger partial charge on any atom is -0.364 e. The van der Waals surface area contributed by atoms with Gasteiger partial charge in [-0.3, -0.25) is 14.9 Å². The maximum Gasteiger partial charge on any atom is 0.265 e. The van der Waals surface area contributed by atoms with Crippen LogP contribution in [-0.2, 0) is 0 Å². The molecule has 6 nitrogen and oxygen atoms in total. The van der Waals surface area contributed by atoms with Crippen LogP contribution in [0.3, 0.4) is 0 Å². The number of hydrogen-bond acceptors (Lipinski definition) is 4. The zero-order chi connectivity index (χ0) is 19.5. The first-order valence-electron chi connectivity index (χ1n) is 8.51. The Morgan fingerprint density at radius 2 is 1.68 bits per heavy atom. The highest BCUT2D eigenvalue weighted by molar-refractivity contribution is 7.14. The summed E-state index contributed by atoms with van der Waals surface area (Å²) in [5.74, 6) is -0.763. The molecule has 0 radical (unpaired) electrons. The van der Waals surface area contributed by atoms with Crippen LogP contribution in [0.5, 0.6) is 0 Å². The van der Waals surface area contributed by atoms with Gasteiger partial charge in [0.2, 0.25) is 0 Å². The number of aromatic amines is 1. The smallest absolute Gasteiger partial charge is 0.265 e. The summed E-state index contributed by atoms with van der Waals surface area (Å²) < 4.78 is 0. The van der Waals surface area contributed by atoms with Gasteiger partial charge in [0, 0.05) is 22.7 Å². The van der Waals surface area contributed by atoms with Gasteiger partial charge < -0.3 is 10.7 Å². The quantitative estimate of drug-likeness (QED) is 0.478. The lowest BCUT2D eigenvalue weighted by Gasteiger charge is -2.04.